The number of aromatic nitrogens is 3. The van der Waals surface area contributed by atoms with Crippen LogP contribution in [0.15, 0.2) is 56.6 Å². The third kappa shape index (κ3) is 4.20. The lowest BCUT2D eigenvalue weighted by atomic mass is 10.2. The number of thiazole rings is 1. The monoisotopic (exact) mass is 460 g/mol. The van der Waals surface area contributed by atoms with E-state index < -0.39 is 0 Å². The number of hydrogen-bond donors (Lipinski definition) is 1. The topological polar surface area (TPSA) is 80.9 Å². The van der Waals surface area contributed by atoms with Crippen LogP contribution in [-0.2, 0) is 4.79 Å². The maximum Gasteiger partial charge on any atom is 0.277 e. The normalized spacial score (nSPS) is 11.0. The van der Waals surface area contributed by atoms with Crippen molar-refractivity contribution in [2.75, 3.05) is 11.1 Å². The SMILES string of the molecule is Cc1ccc2nc(NC(=O)CSc3nnc(-c4ccccc4Br)o3)sc2c1. The molecule has 0 aliphatic heterocycles. The summed E-state index contributed by atoms with van der Waals surface area (Å²) in [5.74, 6) is 0.398. The molecule has 0 fully saturated rings. The summed E-state index contributed by atoms with van der Waals surface area (Å²) in [6.45, 7) is 2.03. The van der Waals surface area contributed by atoms with Crippen LogP contribution in [0.3, 0.4) is 0 Å². The van der Waals surface area contributed by atoms with Crippen LogP contribution in [0, 0.1) is 6.92 Å². The molecule has 2 aromatic heterocycles. The van der Waals surface area contributed by atoms with Gasteiger partial charge in [0.15, 0.2) is 5.13 Å². The van der Waals surface area contributed by atoms with Crippen molar-refractivity contribution in [3.63, 3.8) is 0 Å². The first kappa shape index (κ1) is 18.1. The molecule has 1 N–H and O–H groups in total. The molecule has 0 saturated carbocycles. The predicted molar refractivity (Wildman–Crippen MR) is 111 cm³/mol. The van der Waals surface area contributed by atoms with E-state index in [1.807, 2.05) is 43.3 Å². The highest BCUT2D eigenvalue weighted by atomic mass is 79.9. The number of benzene rings is 2. The Labute approximate surface area is 171 Å². The molecule has 0 aliphatic carbocycles. The van der Waals surface area contributed by atoms with Crippen molar-refractivity contribution < 1.29 is 9.21 Å². The van der Waals surface area contributed by atoms with Gasteiger partial charge in [-0.1, -0.05) is 41.3 Å². The van der Waals surface area contributed by atoms with Crippen LogP contribution in [-0.4, -0.2) is 26.8 Å². The van der Waals surface area contributed by atoms with Crippen LogP contribution in [0.25, 0.3) is 21.7 Å². The Balaban J connectivity index is 1.38. The molecule has 0 bridgehead atoms. The molecule has 2 aromatic carbocycles. The standard InChI is InChI=1S/C18H13BrN4O2S2/c1-10-6-7-13-14(8-10)27-17(20-13)21-15(24)9-26-18-23-22-16(25-18)11-4-2-3-5-12(11)19/h2-8H,9H2,1H3,(H,20,21,24). The lowest BCUT2D eigenvalue weighted by Crippen LogP contribution is -2.13. The van der Waals surface area contributed by atoms with E-state index in [0.29, 0.717) is 16.2 Å². The van der Waals surface area contributed by atoms with Crippen molar-refractivity contribution in [3.05, 3.63) is 52.5 Å². The first-order valence-electron chi connectivity index (χ1n) is 7.97. The van der Waals surface area contributed by atoms with Crippen molar-refractivity contribution >= 4 is 60.3 Å². The van der Waals surface area contributed by atoms with Crippen LogP contribution >= 0.6 is 39.0 Å². The molecule has 2 heterocycles. The number of nitrogens with one attached hydrogen (secondary N) is 1. The highest BCUT2D eigenvalue weighted by Gasteiger charge is 2.14. The van der Waals surface area contributed by atoms with Crippen molar-refractivity contribution in [2.45, 2.75) is 12.1 Å². The van der Waals surface area contributed by atoms with E-state index in [4.69, 9.17) is 4.42 Å². The van der Waals surface area contributed by atoms with Gasteiger partial charge in [0.25, 0.3) is 5.22 Å². The van der Waals surface area contributed by atoms with Crippen LogP contribution in [0.4, 0.5) is 5.13 Å². The molecule has 0 radical (unpaired) electrons. The molecule has 4 aromatic rings. The van der Waals surface area contributed by atoms with Crippen molar-refractivity contribution in [1.82, 2.24) is 15.2 Å². The van der Waals surface area contributed by atoms with Gasteiger partial charge in [-0.2, -0.15) is 0 Å². The van der Waals surface area contributed by atoms with Crippen molar-refractivity contribution in [3.8, 4) is 11.5 Å². The zero-order valence-electron chi connectivity index (χ0n) is 14.1. The molecule has 9 heteroatoms. The molecule has 0 atom stereocenters. The van der Waals surface area contributed by atoms with E-state index >= 15 is 0 Å². The number of hydrogen-bond acceptors (Lipinski definition) is 7. The van der Waals surface area contributed by atoms with Gasteiger partial charge in [0.05, 0.1) is 21.5 Å². The number of fused-ring (bicyclic) bond motifs is 1. The summed E-state index contributed by atoms with van der Waals surface area (Å²) in [6.07, 6.45) is 0. The Morgan fingerprint density at radius 2 is 2.11 bits per heavy atom. The summed E-state index contributed by atoms with van der Waals surface area (Å²) in [5, 5.41) is 11.8. The van der Waals surface area contributed by atoms with Crippen LogP contribution in [0.1, 0.15) is 5.56 Å². The van der Waals surface area contributed by atoms with E-state index in [1.165, 1.54) is 23.1 Å². The number of carbonyl (C=O) groups excluding carboxylic acids is 1. The molecular formula is C18H13BrN4O2S2. The molecule has 0 saturated heterocycles. The maximum atomic E-state index is 12.2. The minimum absolute atomic E-state index is 0.159. The molecule has 27 heavy (non-hydrogen) atoms. The number of nitrogens with zero attached hydrogens (tertiary/aromatic N) is 3. The fraction of sp³-hybridized carbons (Fsp3) is 0.111. The smallest absolute Gasteiger partial charge is 0.277 e. The molecule has 0 aliphatic rings. The number of amides is 1. The zero-order valence-corrected chi connectivity index (χ0v) is 17.3. The number of carbonyl (C=O) groups is 1. The fourth-order valence-corrected chi connectivity index (χ4v) is 4.38. The van der Waals surface area contributed by atoms with Crippen LogP contribution in [0.2, 0.25) is 0 Å². The average molecular weight is 461 g/mol. The molecule has 136 valence electrons. The number of thioether (sulfide) groups is 1. The van der Waals surface area contributed by atoms with Crippen LogP contribution in [0.5, 0.6) is 0 Å². The Bertz CT molecular complexity index is 1130. The average Bonchev–Trinajstić information content (AvgIpc) is 3.26. The summed E-state index contributed by atoms with van der Waals surface area (Å²) in [6, 6.07) is 13.6. The van der Waals surface area contributed by atoms with Gasteiger partial charge in [0.2, 0.25) is 11.8 Å². The van der Waals surface area contributed by atoms with Gasteiger partial charge in [-0.25, -0.2) is 4.98 Å². The Morgan fingerprint density at radius 3 is 2.96 bits per heavy atom. The molecule has 1 amide bonds. The third-order valence-electron chi connectivity index (χ3n) is 3.63. The van der Waals surface area contributed by atoms with E-state index in [1.54, 1.807) is 0 Å². The minimum Gasteiger partial charge on any atom is -0.411 e. The number of anilines is 1. The van der Waals surface area contributed by atoms with Crippen molar-refractivity contribution in [1.29, 1.82) is 0 Å². The number of halogens is 1. The first-order chi connectivity index (χ1) is 13.1. The summed E-state index contributed by atoms with van der Waals surface area (Å²) >= 11 is 6.10. The second-order valence-electron chi connectivity index (χ2n) is 5.68. The summed E-state index contributed by atoms with van der Waals surface area (Å²) in [5.41, 5.74) is 2.85. The van der Waals surface area contributed by atoms with Gasteiger partial charge in [0.1, 0.15) is 0 Å². The van der Waals surface area contributed by atoms with Crippen LogP contribution < -0.4 is 5.32 Å². The second kappa shape index (κ2) is 7.79. The number of rotatable bonds is 5. The molecular weight excluding hydrogens is 448 g/mol. The van der Waals surface area contributed by atoms with E-state index in [9.17, 15) is 4.79 Å². The van der Waals surface area contributed by atoms with E-state index in [2.05, 4.69) is 42.5 Å². The Kier molecular flexibility index (Phi) is 5.24. The van der Waals surface area contributed by atoms with Gasteiger partial charge in [-0.05, 0) is 52.7 Å². The first-order valence-corrected chi connectivity index (χ1v) is 10.6. The number of aryl methyl sites for hydroxylation is 1. The van der Waals surface area contributed by atoms with Gasteiger partial charge in [0, 0.05) is 4.47 Å². The van der Waals surface area contributed by atoms with Crippen molar-refractivity contribution in [2.24, 2.45) is 0 Å². The quantitative estimate of drug-likeness (QED) is 0.414. The van der Waals surface area contributed by atoms with E-state index in [-0.39, 0.29) is 11.7 Å². The lowest BCUT2D eigenvalue weighted by molar-refractivity contribution is -0.113. The largest absolute Gasteiger partial charge is 0.411 e. The molecule has 6 nitrogen and oxygen atoms in total. The summed E-state index contributed by atoms with van der Waals surface area (Å²) in [4.78, 5) is 16.6. The molecule has 0 spiro atoms. The Morgan fingerprint density at radius 1 is 1.26 bits per heavy atom. The zero-order chi connectivity index (χ0) is 18.8. The Hall–Kier alpha value is -2.23. The summed E-state index contributed by atoms with van der Waals surface area (Å²) < 4.78 is 7.55. The summed E-state index contributed by atoms with van der Waals surface area (Å²) in [7, 11) is 0. The van der Waals surface area contributed by atoms with E-state index in [0.717, 1.165) is 25.8 Å². The highest BCUT2D eigenvalue weighted by Crippen LogP contribution is 2.29. The second-order valence-corrected chi connectivity index (χ2v) is 8.49. The lowest BCUT2D eigenvalue weighted by Gasteiger charge is -1.99. The third-order valence-corrected chi connectivity index (χ3v) is 6.07. The minimum atomic E-state index is -0.170. The van der Waals surface area contributed by atoms with Gasteiger partial charge < -0.3 is 9.73 Å². The molecule has 4 rings (SSSR count). The van der Waals surface area contributed by atoms with Gasteiger partial charge in [-0.15, -0.1) is 10.2 Å². The van der Waals surface area contributed by atoms with Gasteiger partial charge in [-0.3, -0.25) is 4.79 Å². The maximum absolute atomic E-state index is 12.2. The fourth-order valence-electron chi connectivity index (χ4n) is 2.38. The highest BCUT2D eigenvalue weighted by molar-refractivity contribution is 9.10. The van der Waals surface area contributed by atoms with Gasteiger partial charge >= 0.3 is 0 Å². The predicted octanol–water partition coefficient (Wildman–Crippen LogP) is 5.15. The molecule has 0 unspecified atom stereocenters.